The number of benzene rings is 2. The number of hydrogen-bond acceptors (Lipinski definition) is 3. The summed E-state index contributed by atoms with van der Waals surface area (Å²) in [5.41, 5.74) is 10.9. The molecule has 0 bridgehead atoms. The number of hydrogen-bond donors (Lipinski definition) is 1. The van der Waals surface area contributed by atoms with Crippen molar-refractivity contribution in [2.45, 2.75) is 83.2 Å². The molecule has 4 heteroatoms. The van der Waals surface area contributed by atoms with E-state index in [1.54, 1.807) is 0 Å². The molecule has 1 aliphatic carbocycles. The Hall–Kier alpha value is -2.33. The van der Waals surface area contributed by atoms with Gasteiger partial charge in [-0.15, -0.1) is 0 Å². The van der Waals surface area contributed by atoms with E-state index in [9.17, 15) is 0 Å². The summed E-state index contributed by atoms with van der Waals surface area (Å²) in [6.45, 7) is 4.53. The molecule has 0 spiro atoms. The number of fused-ring (bicyclic) bond motifs is 1. The zero-order chi connectivity index (χ0) is 23.2. The Labute approximate surface area is 206 Å². The molecule has 2 N–H and O–H groups in total. The zero-order valence-electron chi connectivity index (χ0n) is 20.8. The van der Waals surface area contributed by atoms with Crippen LogP contribution in [0.1, 0.15) is 75.3 Å². The standard InChI is InChI=1S/C30H42N4/c31-28-14-8-9-15-29(28)32-30(34-21-18-25-10-6-7-11-26(25)23-34)22-24-16-19-33(20-17-24)27-12-4-2-1-3-5-13-27/h6-11,14-15,24,27H,1-5,12-13,16-23,31H2. The number of amidine groups is 1. The predicted molar refractivity (Wildman–Crippen MR) is 144 cm³/mol. The third-order valence-electron chi connectivity index (χ3n) is 8.39. The van der Waals surface area contributed by atoms with Crippen molar-refractivity contribution in [2.75, 3.05) is 25.4 Å². The highest BCUT2D eigenvalue weighted by molar-refractivity contribution is 5.87. The number of nitrogens with two attached hydrogens (primary N) is 1. The van der Waals surface area contributed by atoms with E-state index >= 15 is 0 Å². The van der Waals surface area contributed by atoms with Crippen LogP contribution in [-0.4, -0.2) is 41.3 Å². The molecule has 2 fully saturated rings. The molecule has 2 aliphatic heterocycles. The van der Waals surface area contributed by atoms with Crippen molar-refractivity contribution in [1.29, 1.82) is 0 Å². The molecule has 0 unspecified atom stereocenters. The molecule has 34 heavy (non-hydrogen) atoms. The Bertz CT molecular complexity index is 952. The van der Waals surface area contributed by atoms with Crippen molar-refractivity contribution in [3.05, 3.63) is 59.7 Å². The van der Waals surface area contributed by atoms with Crippen LogP contribution in [-0.2, 0) is 13.0 Å². The summed E-state index contributed by atoms with van der Waals surface area (Å²) in [6.07, 6.45) is 14.8. The van der Waals surface area contributed by atoms with Crippen molar-refractivity contribution in [1.82, 2.24) is 9.80 Å². The maximum Gasteiger partial charge on any atom is 0.105 e. The minimum Gasteiger partial charge on any atom is -0.397 e. The van der Waals surface area contributed by atoms with Gasteiger partial charge in [0.15, 0.2) is 0 Å². The second-order valence-corrected chi connectivity index (χ2v) is 10.7. The molecular formula is C30H42N4. The van der Waals surface area contributed by atoms with E-state index in [1.165, 1.54) is 87.8 Å². The number of piperidine rings is 1. The quantitative estimate of drug-likeness (QED) is 0.320. The third kappa shape index (κ3) is 5.83. The number of nitrogens with zero attached hydrogens (tertiary/aromatic N) is 3. The smallest absolute Gasteiger partial charge is 0.105 e. The van der Waals surface area contributed by atoms with Crippen LogP contribution in [0.2, 0.25) is 0 Å². The average Bonchev–Trinajstić information content (AvgIpc) is 2.85. The van der Waals surface area contributed by atoms with Crippen LogP contribution >= 0.6 is 0 Å². The maximum absolute atomic E-state index is 6.30. The van der Waals surface area contributed by atoms with Gasteiger partial charge in [-0.2, -0.15) is 0 Å². The van der Waals surface area contributed by atoms with Gasteiger partial charge in [-0.25, -0.2) is 4.99 Å². The van der Waals surface area contributed by atoms with E-state index in [-0.39, 0.29) is 0 Å². The van der Waals surface area contributed by atoms with Crippen molar-refractivity contribution in [3.8, 4) is 0 Å². The molecule has 0 amide bonds. The lowest BCUT2D eigenvalue weighted by molar-refractivity contribution is 0.114. The van der Waals surface area contributed by atoms with Gasteiger partial charge in [0.1, 0.15) is 5.84 Å². The molecule has 0 aromatic heterocycles. The highest BCUT2D eigenvalue weighted by atomic mass is 15.2. The zero-order valence-corrected chi connectivity index (χ0v) is 20.8. The molecule has 1 saturated heterocycles. The first-order valence-electron chi connectivity index (χ1n) is 13.7. The van der Waals surface area contributed by atoms with E-state index in [2.05, 4.69) is 40.1 Å². The second-order valence-electron chi connectivity index (χ2n) is 10.7. The molecule has 3 aliphatic rings. The Kier molecular flexibility index (Phi) is 7.85. The number of likely N-dealkylation sites (tertiary alicyclic amines) is 1. The second kappa shape index (κ2) is 11.4. The van der Waals surface area contributed by atoms with Gasteiger partial charge in [-0.05, 0) is 74.4 Å². The number of para-hydroxylation sites is 2. The molecule has 5 rings (SSSR count). The van der Waals surface area contributed by atoms with Gasteiger partial charge in [-0.3, -0.25) is 0 Å². The topological polar surface area (TPSA) is 44.9 Å². The lowest BCUT2D eigenvalue weighted by atomic mass is 9.89. The first-order chi connectivity index (χ1) is 16.8. The molecule has 4 nitrogen and oxygen atoms in total. The Morgan fingerprint density at radius 2 is 1.47 bits per heavy atom. The summed E-state index contributed by atoms with van der Waals surface area (Å²) in [4.78, 5) is 10.5. The Morgan fingerprint density at radius 3 is 2.24 bits per heavy atom. The molecule has 182 valence electrons. The number of anilines is 1. The van der Waals surface area contributed by atoms with E-state index in [0.29, 0.717) is 5.92 Å². The highest BCUT2D eigenvalue weighted by Crippen LogP contribution is 2.31. The summed E-state index contributed by atoms with van der Waals surface area (Å²) < 4.78 is 0. The summed E-state index contributed by atoms with van der Waals surface area (Å²) >= 11 is 0. The van der Waals surface area contributed by atoms with Gasteiger partial charge in [0, 0.05) is 25.6 Å². The summed E-state index contributed by atoms with van der Waals surface area (Å²) in [5, 5.41) is 0. The van der Waals surface area contributed by atoms with E-state index in [4.69, 9.17) is 10.7 Å². The van der Waals surface area contributed by atoms with Crippen LogP contribution in [0.15, 0.2) is 53.5 Å². The third-order valence-corrected chi connectivity index (χ3v) is 8.39. The number of aliphatic imine (C=N–C) groups is 1. The van der Waals surface area contributed by atoms with Gasteiger partial charge in [0.05, 0.1) is 11.4 Å². The fourth-order valence-corrected chi connectivity index (χ4v) is 6.27. The summed E-state index contributed by atoms with van der Waals surface area (Å²) in [5.74, 6) is 1.95. The van der Waals surface area contributed by atoms with Gasteiger partial charge in [-0.1, -0.05) is 68.5 Å². The van der Waals surface area contributed by atoms with E-state index < -0.39 is 0 Å². The minimum atomic E-state index is 0.714. The van der Waals surface area contributed by atoms with Crippen LogP contribution in [0.4, 0.5) is 11.4 Å². The van der Waals surface area contributed by atoms with Gasteiger partial charge in [0.25, 0.3) is 0 Å². The molecule has 0 radical (unpaired) electrons. The fraction of sp³-hybridized carbons (Fsp3) is 0.567. The van der Waals surface area contributed by atoms with E-state index in [0.717, 1.165) is 43.3 Å². The SMILES string of the molecule is Nc1ccccc1N=C(CC1CCN(C2CCCCCCC2)CC1)N1CCc2ccccc2C1. The largest absolute Gasteiger partial charge is 0.397 e. The monoisotopic (exact) mass is 458 g/mol. The summed E-state index contributed by atoms with van der Waals surface area (Å²) in [7, 11) is 0. The van der Waals surface area contributed by atoms with Crippen molar-refractivity contribution >= 4 is 17.2 Å². The molecule has 0 atom stereocenters. The predicted octanol–water partition coefficient (Wildman–Crippen LogP) is 6.57. The van der Waals surface area contributed by atoms with Crippen LogP contribution < -0.4 is 5.73 Å². The van der Waals surface area contributed by atoms with Crippen LogP contribution in [0.3, 0.4) is 0 Å². The first kappa shape index (κ1) is 23.4. The van der Waals surface area contributed by atoms with Crippen LogP contribution in [0, 0.1) is 5.92 Å². The Morgan fingerprint density at radius 1 is 0.794 bits per heavy atom. The normalized spacial score (nSPS) is 21.6. The molecule has 1 saturated carbocycles. The summed E-state index contributed by atoms with van der Waals surface area (Å²) in [6, 6.07) is 17.8. The average molecular weight is 459 g/mol. The molecule has 2 heterocycles. The lowest BCUT2D eigenvalue weighted by Gasteiger charge is -2.39. The van der Waals surface area contributed by atoms with E-state index in [1.807, 2.05) is 18.2 Å². The number of nitrogen functional groups attached to an aromatic ring is 1. The molecule has 2 aromatic rings. The minimum absolute atomic E-state index is 0.714. The fourth-order valence-electron chi connectivity index (χ4n) is 6.27. The number of rotatable bonds is 4. The molecule has 2 aromatic carbocycles. The highest BCUT2D eigenvalue weighted by Gasteiger charge is 2.28. The van der Waals surface area contributed by atoms with Crippen molar-refractivity contribution in [3.63, 3.8) is 0 Å². The first-order valence-corrected chi connectivity index (χ1v) is 13.7. The van der Waals surface area contributed by atoms with Gasteiger partial charge >= 0.3 is 0 Å². The Balaban J connectivity index is 1.27. The lowest BCUT2D eigenvalue weighted by Crippen LogP contribution is -2.43. The van der Waals surface area contributed by atoms with Crippen LogP contribution in [0.5, 0.6) is 0 Å². The maximum atomic E-state index is 6.30. The van der Waals surface area contributed by atoms with Crippen molar-refractivity contribution in [2.24, 2.45) is 10.9 Å². The van der Waals surface area contributed by atoms with Crippen molar-refractivity contribution < 1.29 is 0 Å². The van der Waals surface area contributed by atoms with Crippen LogP contribution in [0.25, 0.3) is 0 Å². The molecular weight excluding hydrogens is 416 g/mol. The van der Waals surface area contributed by atoms with Gasteiger partial charge in [0.2, 0.25) is 0 Å². The van der Waals surface area contributed by atoms with Gasteiger partial charge < -0.3 is 15.5 Å².